The van der Waals surface area contributed by atoms with Crippen LogP contribution in [0.1, 0.15) is 12.8 Å². The van der Waals surface area contributed by atoms with Crippen molar-refractivity contribution in [2.24, 2.45) is 0 Å². The lowest BCUT2D eigenvalue weighted by Crippen LogP contribution is -2.36. The molecule has 3 aromatic rings. The highest BCUT2D eigenvalue weighted by Gasteiger charge is 2.19. The summed E-state index contributed by atoms with van der Waals surface area (Å²) in [6.07, 6.45) is 5.52. The summed E-state index contributed by atoms with van der Waals surface area (Å²) in [4.78, 5) is 11.1. The van der Waals surface area contributed by atoms with E-state index in [9.17, 15) is 0 Å². The molecule has 2 fully saturated rings. The van der Waals surface area contributed by atoms with E-state index in [1.807, 2.05) is 4.68 Å². The first-order chi connectivity index (χ1) is 13.9. The maximum absolute atomic E-state index is 6.15. The van der Waals surface area contributed by atoms with E-state index in [1.165, 1.54) is 5.69 Å². The van der Waals surface area contributed by atoms with E-state index in [2.05, 4.69) is 49.5 Å². The molecular weight excluding hydrogens is 356 g/mol. The zero-order valence-electron chi connectivity index (χ0n) is 15.8. The molecule has 0 bridgehead atoms. The van der Waals surface area contributed by atoms with Crippen LogP contribution in [0.5, 0.6) is 5.88 Å². The molecule has 8 nitrogen and oxygen atoms in total. The first-order valence-corrected chi connectivity index (χ1v) is 9.88. The monoisotopic (exact) mass is 380 g/mol. The van der Waals surface area contributed by atoms with Gasteiger partial charge in [-0.05, 0) is 50.2 Å². The van der Waals surface area contributed by atoms with Crippen LogP contribution >= 0.6 is 0 Å². The van der Waals surface area contributed by atoms with Gasteiger partial charge in [-0.15, -0.1) is 0 Å². The summed E-state index contributed by atoms with van der Waals surface area (Å²) in [6.45, 7) is 5.37. The maximum Gasteiger partial charge on any atom is 0.228 e. The van der Waals surface area contributed by atoms with Crippen LogP contribution in [0.3, 0.4) is 0 Å². The summed E-state index contributed by atoms with van der Waals surface area (Å²) < 4.78 is 13.4. The van der Waals surface area contributed by atoms with Gasteiger partial charge < -0.3 is 19.7 Å². The lowest BCUT2D eigenvalue weighted by atomic mass is 10.1. The molecule has 0 aliphatic carbocycles. The molecule has 1 aromatic carbocycles. The molecule has 0 spiro atoms. The molecule has 2 saturated heterocycles. The van der Waals surface area contributed by atoms with E-state index in [1.54, 1.807) is 12.5 Å². The van der Waals surface area contributed by atoms with E-state index in [0.717, 1.165) is 69.0 Å². The van der Waals surface area contributed by atoms with Crippen molar-refractivity contribution in [3.8, 4) is 11.6 Å². The quantitative estimate of drug-likeness (QED) is 0.739. The molecule has 8 heteroatoms. The highest BCUT2D eigenvalue weighted by atomic mass is 16.5. The molecule has 4 heterocycles. The summed E-state index contributed by atoms with van der Waals surface area (Å²) in [5.41, 5.74) is 2.93. The van der Waals surface area contributed by atoms with Gasteiger partial charge in [0, 0.05) is 18.8 Å². The van der Waals surface area contributed by atoms with Crippen LogP contribution in [0.4, 0.5) is 5.69 Å². The Kier molecular flexibility index (Phi) is 4.80. The number of nitrogens with one attached hydrogen (secondary N) is 1. The maximum atomic E-state index is 6.15. The standard InChI is InChI=1S/C20H24N6O2/c1-3-16(4-2-15(1)25-9-11-27-12-10-25)26-19-18(13-24-26)20(23-14-22-19)28-17-5-7-21-8-6-17/h1-4,13-14,17,21H,5-12H2. The minimum atomic E-state index is 0.190. The first kappa shape index (κ1) is 17.4. The Hall–Kier alpha value is -2.71. The SMILES string of the molecule is c1nc(OC2CCNCC2)c2cnn(-c3ccc(N4CCOCC4)cc3)c2n1. The number of hydrogen-bond donors (Lipinski definition) is 1. The van der Waals surface area contributed by atoms with Gasteiger partial charge in [0.1, 0.15) is 17.8 Å². The van der Waals surface area contributed by atoms with E-state index in [4.69, 9.17) is 9.47 Å². The zero-order valence-corrected chi connectivity index (χ0v) is 15.8. The summed E-state index contributed by atoms with van der Waals surface area (Å²) in [6, 6.07) is 8.41. The number of ether oxygens (including phenoxy) is 2. The predicted molar refractivity (Wildman–Crippen MR) is 106 cm³/mol. The second-order valence-corrected chi connectivity index (χ2v) is 7.16. The van der Waals surface area contributed by atoms with Crippen molar-refractivity contribution < 1.29 is 9.47 Å². The molecule has 1 N–H and O–H groups in total. The van der Waals surface area contributed by atoms with Gasteiger partial charge in [0.05, 0.1) is 25.1 Å². The van der Waals surface area contributed by atoms with Crippen LogP contribution < -0.4 is 15.0 Å². The summed E-state index contributed by atoms with van der Waals surface area (Å²) in [5.74, 6) is 0.619. The van der Waals surface area contributed by atoms with Gasteiger partial charge in [-0.25, -0.2) is 14.6 Å². The van der Waals surface area contributed by atoms with Gasteiger partial charge in [0.15, 0.2) is 5.65 Å². The Bertz CT molecular complexity index is 930. The second-order valence-electron chi connectivity index (χ2n) is 7.16. The van der Waals surface area contributed by atoms with Gasteiger partial charge in [-0.2, -0.15) is 5.10 Å². The molecule has 2 aliphatic rings. The molecule has 0 amide bonds. The Morgan fingerprint density at radius 3 is 2.54 bits per heavy atom. The molecule has 28 heavy (non-hydrogen) atoms. The Labute approximate surface area is 163 Å². The van der Waals surface area contributed by atoms with E-state index < -0.39 is 0 Å². The van der Waals surface area contributed by atoms with E-state index in [0.29, 0.717) is 5.88 Å². The van der Waals surface area contributed by atoms with Crippen LogP contribution in [0.2, 0.25) is 0 Å². The molecule has 146 valence electrons. The number of morpholine rings is 1. The van der Waals surface area contributed by atoms with Crippen molar-refractivity contribution >= 4 is 16.7 Å². The Morgan fingerprint density at radius 2 is 1.75 bits per heavy atom. The number of fused-ring (bicyclic) bond motifs is 1. The molecule has 5 rings (SSSR count). The van der Waals surface area contributed by atoms with Crippen molar-refractivity contribution in [2.45, 2.75) is 18.9 Å². The molecule has 0 atom stereocenters. The average molecular weight is 380 g/mol. The van der Waals surface area contributed by atoms with Crippen LogP contribution in [0.15, 0.2) is 36.8 Å². The number of aromatic nitrogens is 4. The summed E-state index contributed by atoms with van der Waals surface area (Å²) in [5, 5.41) is 8.75. The minimum absolute atomic E-state index is 0.190. The lowest BCUT2D eigenvalue weighted by molar-refractivity contribution is 0.122. The third-order valence-corrected chi connectivity index (χ3v) is 5.36. The smallest absolute Gasteiger partial charge is 0.228 e. The van der Waals surface area contributed by atoms with Crippen molar-refractivity contribution in [1.82, 2.24) is 25.1 Å². The Balaban J connectivity index is 1.40. The highest BCUT2D eigenvalue weighted by molar-refractivity contribution is 5.81. The number of nitrogens with zero attached hydrogens (tertiary/aromatic N) is 5. The van der Waals surface area contributed by atoms with E-state index in [-0.39, 0.29) is 6.10 Å². The molecule has 0 saturated carbocycles. The molecule has 2 aromatic heterocycles. The van der Waals surface area contributed by atoms with Crippen LogP contribution in [0, 0.1) is 0 Å². The lowest BCUT2D eigenvalue weighted by Gasteiger charge is -2.28. The predicted octanol–water partition coefficient (Wildman–Crippen LogP) is 1.78. The fourth-order valence-corrected chi connectivity index (χ4v) is 3.80. The fraction of sp³-hybridized carbons (Fsp3) is 0.450. The number of benzene rings is 1. The van der Waals surface area contributed by atoms with Crippen LogP contribution in [-0.2, 0) is 4.74 Å². The average Bonchev–Trinajstić information content (AvgIpc) is 3.21. The largest absolute Gasteiger partial charge is 0.474 e. The van der Waals surface area contributed by atoms with Crippen molar-refractivity contribution in [1.29, 1.82) is 0 Å². The van der Waals surface area contributed by atoms with Gasteiger partial charge in [0.2, 0.25) is 5.88 Å². The normalized spacial score (nSPS) is 18.5. The third kappa shape index (κ3) is 3.41. The second kappa shape index (κ2) is 7.73. The van der Waals surface area contributed by atoms with Crippen molar-refractivity contribution in [2.75, 3.05) is 44.3 Å². The van der Waals surface area contributed by atoms with Crippen LogP contribution in [0.25, 0.3) is 16.7 Å². The minimum Gasteiger partial charge on any atom is -0.474 e. The van der Waals surface area contributed by atoms with Gasteiger partial charge >= 0.3 is 0 Å². The molecule has 2 aliphatic heterocycles. The van der Waals surface area contributed by atoms with Gasteiger partial charge in [0.25, 0.3) is 0 Å². The topological polar surface area (TPSA) is 77.3 Å². The fourth-order valence-electron chi connectivity index (χ4n) is 3.80. The van der Waals surface area contributed by atoms with Crippen molar-refractivity contribution in [3.63, 3.8) is 0 Å². The van der Waals surface area contributed by atoms with Gasteiger partial charge in [-0.3, -0.25) is 0 Å². The number of hydrogen-bond acceptors (Lipinski definition) is 7. The van der Waals surface area contributed by atoms with Gasteiger partial charge in [-0.1, -0.05) is 0 Å². The highest BCUT2D eigenvalue weighted by Crippen LogP contribution is 2.26. The molecule has 0 unspecified atom stereocenters. The zero-order chi connectivity index (χ0) is 18.8. The molecular formula is C20H24N6O2. The van der Waals surface area contributed by atoms with Crippen LogP contribution in [-0.4, -0.2) is 65.2 Å². The third-order valence-electron chi connectivity index (χ3n) is 5.36. The van der Waals surface area contributed by atoms with E-state index >= 15 is 0 Å². The van der Waals surface area contributed by atoms with Crippen molar-refractivity contribution in [3.05, 3.63) is 36.8 Å². The summed E-state index contributed by atoms with van der Waals surface area (Å²) in [7, 11) is 0. The first-order valence-electron chi connectivity index (χ1n) is 9.88. The number of rotatable bonds is 4. The molecule has 0 radical (unpaired) electrons. The number of anilines is 1. The number of piperidine rings is 1. The summed E-state index contributed by atoms with van der Waals surface area (Å²) >= 11 is 0. The Morgan fingerprint density at radius 1 is 1.00 bits per heavy atom.